The van der Waals surface area contributed by atoms with Gasteiger partial charge in [-0.1, -0.05) is 55.7 Å². The standard InChI is InChI=1S/C25H28FN3O/c26-21-13-11-20(12-14-21)23-17-27-25(22(28-23)15-18-7-3-1-4-8-18)29-24(30)16-19-9-5-2-6-10-19/h1,3-4,7-8,11,13-14,17,19-20H,2,5-6,9-10,12,15-16H2,(H,27,29,30). The molecule has 4 nitrogen and oxygen atoms in total. The van der Waals surface area contributed by atoms with E-state index in [1.54, 1.807) is 12.3 Å². The van der Waals surface area contributed by atoms with Crippen LogP contribution >= 0.6 is 0 Å². The maximum Gasteiger partial charge on any atom is 0.225 e. The molecule has 1 heterocycles. The summed E-state index contributed by atoms with van der Waals surface area (Å²) in [7, 11) is 0. The van der Waals surface area contributed by atoms with E-state index >= 15 is 0 Å². The second-order valence-corrected chi connectivity index (χ2v) is 8.30. The number of rotatable bonds is 6. The van der Waals surface area contributed by atoms with Gasteiger partial charge >= 0.3 is 0 Å². The normalized spacial score (nSPS) is 19.4. The minimum Gasteiger partial charge on any atom is -0.309 e. The van der Waals surface area contributed by atoms with Gasteiger partial charge in [0.05, 0.1) is 17.6 Å². The summed E-state index contributed by atoms with van der Waals surface area (Å²) in [4.78, 5) is 22.1. The Bertz CT molecular complexity index is 933. The molecule has 0 radical (unpaired) electrons. The molecule has 2 aliphatic rings. The second-order valence-electron chi connectivity index (χ2n) is 8.30. The molecule has 4 rings (SSSR count). The average Bonchev–Trinajstić information content (AvgIpc) is 2.77. The fourth-order valence-electron chi connectivity index (χ4n) is 4.29. The molecule has 1 atom stereocenters. The van der Waals surface area contributed by atoms with Gasteiger partial charge in [-0.05, 0) is 42.9 Å². The maximum atomic E-state index is 13.3. The van der Waals surface area contributed by atoms with Gasteiger partial charge in [-0.25, -0.2) is 9.37 Å². The molecule has 5 heteroatoms. The monoisotopic (exact) mass is 405 g/mol. The van der Waals surface area contributed by atoms with Gasteiger partial charge in [0.15, 0.2) is 5.82 Å². The van der Waals surface area contributed by atoms with Gasteiger partial charge in [0.1, 0.15) is 5.83 Å². The van der Waals surface area contributed by atoms with Crippen LogP contribution in [0.25, 0.3) is 0 Å². The summed E-state index contributed by atoms with van der Waals surface area (Å²) in [6, 6.07) is 10.0. The molecule has 1 amide bonds. The third-order valence-corrected chi connectivity index (χ3v) is 5.97. The van der Waals surface area contributed by atoms with E-state index in [1.807, 2.05) is 36.4 Å². The number of benzene rings is 1. The van der Waals surface area contributed by atoms with Gasteiger partial charge < -0.3 is 5.32 Å². The van der Waals surface area contributed by atoms with Crippen molar-refractivity contribution in [3.8, 4) is 0 Å². The smallest absolute Gasteiger partial charge is 0.225 e. The molecule has 30 heavy (non-hydrogen) atoms. The summed E-state index contributed by atoms with van der Waals surface area (Å²) in [6.07, 6.45) is 14.3. The number of nitrogens with zero attached hydrogens (tertiary/aromatic N) is 2. The summed E-state index contributed by atoms with van der Waals surface area (Å²) in [5.41, 5.74) is 2.65. The van der Waals surface area contributed by atoms with Crippen LogP contribution in [0.5, 0.6) is 0 Å². The molecule has 0 bridgehead atoms. The van der Waals surface area contributed by atoms with E-state index in [-0.39, 0.29) is 17.7 Å². The topological polar surface area (TPSA) is 54.9 Å². The van der Waals surface area contributed by atoms with Crippen LogP contribution in [0.15, 0.2) is 60.6 Å². The minimum absolute atomic E-state index is 0.00138. The van der Waals surface area contributed by atoms with Crippen LogP contribution in [0.3, 0.4) is 0 Å². The summed E-state index contributed by atoms with van der Waals surface area (Å²) < 4.78 is 13.3. The minimum atomic E-state index is -0.213. The van der Waals surface area contributed by atoms with Crippen molar-refractivity contribution in [1.29, 1.82) is 0 Å². The summed E-state index contributed by atoms with van der Waals surface area (Å²) >= 11 is 0. The zero-order valence-corrected chi connectivity index (χ0v) is 17.2. The lowest BCUT2D eigenvalue weighted by Gasteiger charge is -2.21. The number of carbonyl (C=O) groups is 1. The average molecular weight is 406 g/mol. The molecule has 1 aromatic carbocycles. The van der Waals surface area contributed by atoms with Crippen LogP contribution in [0.2, 0.25) is 0 Å². The number of hydrogen-bond donors (Lipinski definition) is 1. The molecule has 1 N–H and O–H groups in total. The van der Waals surface area contributed by atoms with Crippen molar-refractivity contribution in [2.75, 3.05) is 5.32 Å². The van der Waals surface area contributed by atoms with Crippen molar-refractivity contribution in [1.82, 2.24) is 9.97 Å². The van der Waals surface area contributed by atoms with Crippen LogP contribution in [-0.2, 0) is 11.2 Å². The van der Waals surface area contributed by atoms with E-state index in [0.29, 0.717) is 31.0 Å². The molecule has 0 spiro atoms. The zero-order chi connectivity index (χ0) is 20.8. The van der Waals surface area contributed by atoms with Gasteiger partial charge in [-0.3, -0.25) is 9.78 Å². The molecule has 2 aromatic rings. The second kappa shape index (κ2) is 9.79. The number of hydrogen-bond acceptors (Lipinski definition) is 3. The Kier molecular flexibility index (Phi) is 6.67. The van der Waals surface area contributed by atoms with Crippen molar-refractivity contribution in [2.24, 2.45) is 5.92 Å². The molecular formula is C25H28FN3O. The van der Waals surface area contributed by atoms with Crippen LogP contribution in [-0.4, -0.2) is 15.9 Å². The third-order valence-electron chi connectivity index (χ3n) is 5.97. The highest BCUT2D eigenvalue weighted by Crippen LogP contribution is 2.29. The highest BCUT2D eigenvalue weighted by atomic mass is 19.1. The molecule has 1 saturated carbocycles. The van der Waals surface area contributed by atoms with Crippen LogP contribution in [0, 0.1) is 5.92 Å². The molecule has 1 unspecified atom stereocenters. The largest absolute Gasteiger partial charge is 0.309 e. The molecule has 156 valence electrons. The van der Waals surface area contributed by atoms with Crippen molar-refractivity contribution in [2.45, 2.75) is 57.3 Å². The van der Waals surface area contributed by atoms with Crippen molar-refractivity contribution in [3.63, 3.8) is 0 Å². The lowest BCUT2D eigenvalue weighted by atomic mass is 9.87. The van der Waals surface area contributed by atoms with Gasteiger partial charge in [-0.15, -0.1) is 0 Å². The maximum absolute atomic E-state index is 13.3. The molecule has 0 aliphatic heterocycles. The summed E-state index contributed by atoms with van der Waals surface area (Å²) in [6.45, 7) is 0. The number of halogens is 1. The lowest BCUT2D eigenvalue weighted by molar-refractivity contribution is -0.117. The highest BCUT2D eigenvalue weighted by molar-refractivity contribution is 5.90. The molecule has 0 saturated heterocycles. The van der Waals surface area contributed by atoms with Gasteiger partial charge in [0, 0.05) is 18.8 Å². The van der Waals surface area contributed by atoms with Crippen LogP contribution in [0.4, 0.5) is 10.2 Å². The van der Waals surface area contributed by atoms with Crippen LogP contribution in [0.1, 0.15) is 67.8 Å². The van der Waals surface area contributed by atoms with Crippen LogP contribution < -0.4 is 5.32 Å². The predicted octanol–water partition coefficient (Wildman–Crippen LogP) is 5.87. The Morgan fingerprint density at radius 3 is 2.67 bits per heavy atom. The Hall–Kier alpha value is -2.82. The highest BCUT2D eigenvalue weighted by Gasteiger charge is 2.20. The number of allylic oxidation sites excluding steroid dienone is 4. The van der Waals surface area contributed by atoms with Crippen molar-refractivity contribution >= 4 is 11.7 Å². The van der Waals surface area contributed by atoms with E-state index in [4.69, 9.17) is 4.98 Å². The Labute approximate surface area is 177 Å². The fourth-order valence-corrected chi connectivity index (χ4v) is 4.29. The van der Waals surface area contributed by atoms with Gasteiger partial charge in [0.25, 0.3) is 0 Å². The first-order valence-electron chi connectivity index (χ1n) is 10.9. The van der Waals surface area contributed by atoms with E-state index < -0.39 is 0 Å². The van der Waals surface area contributed by atoms with Crippen molar-refractivity contribution in [3.05, 3.63) is 77.5 Å². The summed E-state index contributed by atoms with van der Waals surface area (Å²) in [5, 5.41) is 3.01. The zero-order valence-electron chi connectivity index (χ0n) is 17.2. The number of carbonyl (C=O) groups excluding carboxylic acids is 1. The molecular weight excluding hydrogens is 377 g/mol. The number of nitrogens with one attached hydrogen (secondary N) is 1. The first-order valence-corrected chi connectivity index (χ1v) is 10.9. The number of aromatic nitrogens is 2. The summed E-state index contributed by atoms with van der Waals surface area (Å²) in [5.74, 6) is 0.803. The first-order chi connectivity index (χ1) is 14.7. The quantitative estimate of drug-likeness (QED) is 0.653. The first kappa shape index (κ1) is 20.5. The Balaban J connectivity index is 1.53. The fraction of sp³-hybridized carbons (Fsp3) is 0.400. The predicted molar refractivity (Wildman–Crippen MR) is 117 cm³/mol. The van der Waals surface area contributed by atoms with E-state index in [2.05, 4.69) is 10.3 Å². The lowest BCUT2D eigenvalue weighted by Crippen LogP contribution is -2.20. The van der Waals surface area contributed by atoms with E-state index in [1.165, 1.54) is 25.3 Å². The molecule has 2 aliphatic carbocycles. The SMILES string of the molecule is O=C(CC1CCCCC1)Nc1ncc(C2C=CC(F)=CC2)nc1Cc1ccccc1. The molecule has 1 fully saturated rings. The molecule has 1 aromatic heterocycles. The third kappa shape index (κ3) is 5.41. The Morgan fingerprint density at radius 1 is 1.13 bits per heavy atom. The van der Waals surface area contributed by atoms with Gasteiger partial charge in [-0.2, -0.15) is 0 Å². The van der Waals surface area contributed by atoms with E-state index in [9.17, 15) is 9.18 Å². The number of anilines is 1. The Morgan fingerprint density at radius 2 is 1.93 bits per heavy atom. The van der Waals surface area contributed by atoms with E-state index in [0.717, 1.165) is 29.8 Å². The van der Waals surface area contributed by atoms with Crippen molar-refractivity contribution < 1.29 is 9.18 Å². The number of amides is 1. The van der Waals surface area contributed by atoms with Gasteiger partial charge in [0.2, 0.25) is 5.91 Å².